The highest BCUT2D eigenvalue weighted by Crippen LogP contribution is 2.38. The van der Waals surface area contributed by atoms with Crippen LogP contribution in [0, 0.1) is 32.1 Å². The van der Waals surface area contributed by atoms with Gasteiger partial charge in [-0.15, -0.1) is 0 Å². The number of hydrogen-bond donors (Lipinski definition) is 4. The van der Waals surface area contributed by atoms with Crippen LogP contribution in [0.3, 0.4) is 0 Å². The summed E-state index contributed by atoms with van der Waals surface area (Å²) in [6.45, 7) is 14.5. The largest absolute Gasteiger partial charge is 0.370 e. The van der Waals surface area contributed by atoms with Crippen molar-refractivity contribution in [2.45, 2.75) is 72.1 Å². The van der Waals surface area contributed by atoms with E-state index in [4.69, 9.17) is 0 Å². The minimum absolute atomic E-state index is 0.0928. The number of nitrogens with zero attached hydrogens (tertiary/aromatic N) is 4. The zero-order valence-electron chi connectivity index (χ0n) is 24.4. The van der Waals surface area contributed by atoms with Crippen LogP contribution in [-0.2, 0) is 0 Å². The maximum Gasteiger partial charge on any atom is 0.227 e. The summed E-state index contributed by atoms with van der Waals surface area (Å²) in [5.41, 5.74) is 8.74. The average Bonchev–Trinajstić information content (AvgIpc) is 2.88. The third-order valence-corrected chi connectivity index (χ3v) is 7.36. The number of piperidine rings is 1. The van der Waals surface area contributed by atoms with E-state index in [0.717, 1.165) is 71.2 Å². The maximum atomic E-state index is 10.4. The van der Waals surface area contributed by atoms with Crippen molar-refractivity contribution in [3.63, 3.8) is 0 Å². The van der Waals surface area contributed by atoms with E-state index in [1.807, 2.05) is 44.2 Å². The van der Waals surface area contributed by atoms with Gasteiger partial charge in [-0.25, -0.2) is 9.97 Å². The third kappa shape index (κ3) is 6.21. The van der Waals surface area contributed by atoms with Gasteiger partial charge in [0.2, 0.25) is 5.95 Å². The fourth-order valence-electron chi connectivity index (χ4n) is 5.71. The summed E-state index contributed by atoms with van der Waals surface area (Å²) in [6.07, 6.45) is 1.75. The molecular weight excluding hydrogens is 496 g/mol. The van der Waals surface area contributed by atoms with Gasteiger partial charge in [-0.2, -0.15) is 5.26 Å². The molecule has 8 heteroatoms. The second-order valence-corrected chi connectivity index (χ2v) is 11.9. The van der Waals surface area contributed by atoms with Crippen LogP contribution >= 0.6 is 0 Å². The van der Waals surface area contributed by atoms with E-state index in [2.05, 4.69) is 88.1 Å². The molecule has 0 aliphatic carbocycles. The quantitative estimate of drug-likeness (QED) is 0.300. The molecule has 0 bridgehead atoms. The molecule has 1 fully saturated rings. The summed E-state index contributed by atoms with van der Waals surface area (Å²) in [4.78, 5) is 11.4. The highest BCUT2D eigenvalue weighted by molar-refractivity contribution is 5.85. The van der Waals surface area contributed by atoms with Gasteiger partial charge in [0.25, 0.3) is 0 Å². The fraction of sp³-hybridized carbons (Fsp3) is 0.406. The molecule has 1 saturated heterocycles. The van der Waals surface area contributed by atoms with Crippen LogP contribution in [0.4, 0.5) is 23.0 Å². The lowest BCUT2D eigenvalue weighted by Crippen LogP contribution is -2.49. The number of aromatic nitrogens is 2. The number of likely N-dealkylation sites (tertiary alicyclic amines) is 1. The molecule has 2 aromatic carbocycles. The van der Waals surface area contributed by atoms with E-state index < -0.39 is 0 Å². The predicted octanol–water partition coefficient (Wildman–Crippen LogP) is 6.10. The normalized spacial score (nSPS) is 17.6. The number of fused-ring (bicyclic) bond motifs is 1. The summed E-state index contributed by atoms with van der Waals surface area (Å²) in [7, 11) is 0. The average molecular weight is 537 g/mol. The topological polar surface area (TPSA) is 101 Å². The first-order valence-corrected chi connectivity index (χ1v) is 14.1. The van der Waals surface area contributed by atoms with Gasteiger partial charge >= 0.3 is 0 Å². The Morgan fingerprint density at radius 1 is 0.975 bits per heavy atom. The van der Waals surface area contributed by atoms with Crippen molar-refractivity contribution in [1.82, 2.24) is 20.2 Å². The van der Waals surface area contributed by atoms with Crippen molar-refractivity contribution >= 4 is 28.7 Å². The fourth-order valence-corrected chi connectivity index (χ4v) is 5.71. The molecule has 0 spiro atoms. The Balaban J connectivity index is 1.39. The van der Waals surface area contributed by atoms with Crippen LogP contribution in [-0.4, -0.2) is 45.7 Å². The summed E-state index contributed by atoms with van der Waals surface area (Å²) in [5.74, 6) is 0.590. The van der Waals surface area contributed by atoms with Gasteiger partial charge in [-0.05, 0) is 90.3 Å². The Hall–Kier alpha value is -4.09. The molecule has 5 rings (SSSR count). The minimum Gasteiger partial charge on any atom is -0.370 e. The summed E-state index contributed by atoms with van der Waals surface area (Å²) in [5, 5.41) is 24.7. The van der Waals surface area contributed by atoms with Crippen molar-refractivity contribution in [3.05, 3.63) is 76.6 Å². The van der Waals surface area contributed by atoms with Gasteiger partial charge < -0.3 is 26.2 Å². The molecule has 1 atom stereocenters. The molecule has 2 aliphatic heterocycles. The maximum absolute atomic E-state index is 10.4. The molecular formula is C32H40N8. The first-order valence-electron chi connectivity index (χ1n) is 14.1. The molecule has 0 saturated carbocycles. The molecule has 0 radical (unpaired) electrons. The second kappa shape index (κ2) is 11.2. The number of benzene rings is 2. The minimum atomic E-state index is -0.346. The number of nitrogens with one attached hydrogen (secondary N) is 4. The summed E-state index contributed by atoms with van der Waals surface area (Å²) in [6, 6.07) is 19.4. The molecule has 208 valence electrons. The lowest BCUT2D eigenvalue weighted by atomic mass is 9.94. The monoisotopic (exact) mass is 536 g/mol. The zero-order chi connectivity index (χ0) is 28.4. The van der Waals surface area contributed by atoms with E-state index in [0.29, 0.717) is 17.6 Å². The van der Waals surface area contributed by atoms with Crippen molar-refractivity contribution in [2.24, 2.45) is 0 Å². The molecule has 3 heterocycles. The van der Waals surface area contributed by atoms with Crippen LogP contribution in [0.1, 0.15) is 56.1 Å². The third-order valence-electron chi connectivity index (χ3n) is 7.36. The smallest absolute Gasteiger partial charge is 0.227 e. The lowest BCUT2D eigenvalue weighted by Gasteiger charge is -2.41. The molecule has 2 aliphatic rings. The van der Waals surface area contributed by atoms with Crippen LogP contribution in [0.25, 0.3) is 5.70 Å². The number of hydrogen-bond acceptors (Lipinski definition) is 8. The number of nitriles is 1. The van der Waals surface area contributed by atoms with Crippen LogP contribution < -0.4 is 21.3 Å². The Morgan fingerprint density at radius 3 is 2.33 bits per heavy atom. The van der Waals surface area contributed by atoms with Crippen molar-refractivity contribution in [3.8, 4) is 6.07 Å². The van der Waals surface area contributed by atoms with Crippen LogP contribution in [0.15, 0.2) is 54.1 Å². The van der Waals surface area contributed by atoms with Crippen LogP contribution in [0.2, 0.25) is 0 Å². The highest BCUT2D eigenvalue weighted by atomic mass is 15.2. The van der Waals surface area contributed by atoms with E-state index in [1.54, 1.807) is 0 Å². The Labute approximate surface area is 237 Å². The molecule has 1 unspecified atom stereocenters. The van der Waals surface area contributed by atoms with Crippen molar-refractivity contribution in [2.75, 3.05) is 29.0 Å². The van der Waals surface area contributed by atoms with Gasteiger partial charge in [0, 0.05) is 58.7 Å². The Morgan fingerprint density at radius 2 is 1.68 bits per heavy atom. The molecule has 4 N–H and O–H groups in total. The summed E-state index contributed by atoms with van der Waals surface area (Å²) >= 11 is 0. The predicted molar refractivity (Wildman–Crippen MR) is 163 cm³/mol. The van der Waals surface area contributed by atoms with Gasteiger partial charge in [0.1, 0.15) is 12.2 Å². The van der Waals surface area contributed by atoms with Gasteiger partial charge in [-0.3, -0.25) is 0 Å². The van der Waals surface area contributed by atoms with Gasteiger partial charge in [0.15, 0.2) is 0 Å². The van der Waals surface area contributed by atoms with E-state index >= 15 is 0 Å². The SMILES string of the molecule is Cc1cc(C)nc(Nc2ccc(NC3Nc4ccccc4C(N4CCC(NC(C)(C)C)CC4)=C3C#N)cc2C)n1. The van der Waals surface area contributed by atoms with E-state index in [1.165, 1.54) is 0 Å². The van der Waals surface area contributed by atoms with Crippen molar-refractivity contribution in [1.29, 1.82) is 5.26 Å². The molecule has 0 amide bonds. The zero-order valence-corrected chi connectivity index (χ0v) is 24.4. The number of rotatable bonds is 6. The Bertz CT molecular complexity index is 1430. The highest BCUT2D eigenvalue weighted by Gasteiger charge is 2.32. The molecule has 40 heavy (non-hydrogen) atoms. The van der Waals surface area contributed by atoms with E-state index in [-0.39, 0.29) is 11.7 Å². The first-order chi connectivity index (χ1) is 19.1. The lowest BCUT2D eigenvalue weighted by molar-refractivity contribution is 0.236. The molecule has 3 aromatic rings. The van der Waals surface area contributed by atoms with Crippen molar-refractivity contribution < 1.29 is 0 Å². The van der Waals surface area contributed by atoms with Gasteiger partial charge in [-0.1, -0.05) is 18.2 Å². The van der Waals surface area contributed by atoms with E-state index in [9.17, 15) is 5.26 Å². The number of para-hydroxylation sites is 1. The second-order valence-electron chi connectivity index (χ2n) is 11.9. The first kappa shape index (κ1) is 27.5. The standard InChI is InChI=1S/C32H40N8/c1-20-17-24(11-12-27(20)38-31-34-21(2)18-22(3)35-31)36-30-26(19-33)29(25-9-7-8-10-28(25)37-30)40-15-13-23(14-16-40)39-32(4,5)6/h7-12,17-18,23,30,36-37,39H,13-16H2,1-6H3,(H,34,35,38). The number of aryl methyl sites for hydroxylation is 3. The molecule has 8 nitrogen and oxygen atoms in total. The summed E-state index contributed by atoms with van der Waals surface area (Å²) < 4.78 is 0. The Kier molecular flexibility index (Phi) is 7.68. The van der Waals surface area contributed by atoms with Crippen LogP contribution in [0.5, 0.6) is 0 Å². The number of anilines is 4. The van der Waals surface area contributed by atoms with Gasteiger partial charge in [0.05, 0.1) is 11.3 Å². The molecule has 1 aromatic heterocycles.